The molecule has 0 aromatic carbocycles. The first-order valence-electron chi connectivity index (χ1n) is 19.4. The molecule has 6 rings (SSSR count). The normalized spacial score (nSPS) is 44.6. The minimum absolute atomic E-state index is 0. The predicted molar refractivity (Wildman–Crippen MR) is 226 cm³/mol. The minimum Gasteiger partial charge on any atom is -0.0811 e. The van der Waals surface area contributed by atoms with Crippen LogP contribution in [0.1, 0.15) is 83.1 Å². The fraction of sp³-hybridized carbons (Fsp3) is 0.500. The SMILES string of the molecule is CC1C=CC=CC1(C)[Si](C1(C)C=CC=CC1C)C1(C)C=CC=CC1C.CC1C=CC=CC1(C)[Si](C1(C)C=CC=CC1C)C1(C)C=CC=CC1C.[Cr]. The zero-order chi connectivity index (χ0) is 36.6. The molecule has 0 nitrogen and oxygen atoms in total. The van der Waals surface area contributed by atoms with E-state index in [1.165, 1.54) is 0 Å². The van der Waals surface area contributed by atoms with Crippen LogP contribution in [0.5, 0.6) is 0 Å². The number of allylic oxidation sites excluding steroid dienone is 24. The Hall–Kier alpha value is -2.15. The average Bonchev–Trinajstić information content (AvgIpc) is 3.07. The molecule has 3 heteroatoms. The van der Waals surface area contributed by atoms with Gasteiger partial charge in [0.1, 0.15) is 0 Å². The minimum atomic E-state index is -0.902. The van der Waals surface area contributed by atoms with Gasteiger partial charge in [-0.25, -0.2) is 0 Å². The summed E-state index contributed by atoms with van der Waals surface area (Å²) < 4.78 is 0. The van der Waals surface area contributed by atoms with E-state index in [2.05, 4.69) is 229 Å². The van der Waals surface area contributed by atoms with E-state index in [-0.39, 0.29) is 47.6 Å². The van der Waals surface area contributed by atoms with E-state index in [4.69, 9.17) is 0 Å². The van der Waals surface area contributed by atoms with Crippen molar-refractivity contribution in [2.24, 2.45) is 35.5 Å². The molecular weight excluding hydrogens is 685 g/mol. The molecule has 12 atom stereocenters. The first kappa shape index (κ1) is 41.6. The van der Waals surface area contributed by atoms with Crippen molar-refractivity contribution in [3.05, 3.63) is 146 Å². The van der Waals surface area contributed by atoms with Crippen molar-refractivity contribution in [3.8, 4) is 0 Å². The third-order valence-electron chi connectivity index (χ3n) is 14.6. The van der Waals surface area contributed by atoms with Gasteiger partial charge in [-0.05, 0) is 65.7 Å². The molecule has 2 radical (unpaired) electrons. The molecule has 0 fully saturated rings. The molecule has 0 bridgehead atoms. The zero-order valence-electron chi connectivity index (χ0n) is 33.7. The second-order valence-corrected chi connectivity index (χ2v) is 25.6. The molecule has 0 spiro atoms. The van der Waals surface area contributed by atoms with Crippen molar-refractivity contribution in [2.75, 3.05) is 0 Å². The molecule has 0 aliphatic heterocycles. The molecule has 0 saturated heterocycles. The van der Waals surface area contributed by atoms with Crippen LogP contribution in [0.3, 0.4) is 0 Å². The molecule has 0 saturated carbocycles. The van der Waals surface area contributed by atoms with E-state index >= 15 is 0 Å². The molecule has 0 aromatic heterocycles. The van der Waals surface area contributed by atoms with Crippen LogP contribution in [0.25, 0.3) is 0 Å². The third-order valence-corrected chi connectivity index (χ3v) is 24.8. The second-order valence-electron chi connectivity index (χ2n) is 17.6. The summed E-state index contributed by atoms with van der Waals surface area (Å²) in [4.78, 5) is 0. The van der Waals surface area contributed by atoms with Gasteiger partial charge in [-0.15, -0.1) is 0 Å². The van der Waals surface area contributed by atoms with Crippen molar-refractivity contribution in [1.82, 2.24) is 0 Å². The van der Waals surface area contributed by atoms with Gasteiger partial charge in [-0.2, -0.15) is 0 Å². The van der Waals surface area contributed by atoms with Gasteiger partial charge in [0.2, 0.25) is 0 Å². The fourth-order valence-electron chi connectivity index (χ4n) is 10.4. The average molecular weight is 751 g/mol. The van der Waals surface area contributed by atoms with Gasteiger partial charge < -0.3 is 0 Å². The Morgan fingerprint density at radius 3 is 0.529 bits per heavy atom. The van der Waals surface area contributed by atoms with E-state index in [0.717, 1.165) is 0 Å². The van der Waals surface area contributed by atoms with E-state index in [1.807, 2.05) is 0 Å². The largest absolute Gasteiger partial charge is 0.0828 e. The number of hydrogen-bond acceptors (Lipinski definition) is 0. The third kappa shape index (κ3) is 7.24. The summed E-state index contributed by atoms with van der Waals surface area (Å²) in [6.07, 6.45) is 56.8. The standard InChI is InChI=1S/2C24H33Si.Cr/c2*1-19-13-7-10-16-22(19,4)25(23(5)17-11-8-14-20(23)2)24(6)18-12-9-15-21(24)3;/h2*7-21H,1-6H3;. The van der Waals surface area contributed by atoms with Crippen LogP contribution in [0, 0.1) is 35.5 Å². The Kier molecular flexibility index (Phi) is 12.8. The van der Waals surface area contributed by atoms with Crippen LogP contribution < -0.4 is 0 Å². The van der Waals surface area contributed by atoms with Gasteiger partial charge in [0.25, 0.3) is 0 Å². The number of rotatable bonds is 6. The van der Waals surface area contributed by atoms with E-state index in [0.29, 0.717) is 35.5 Å². The Morgan fingerprint density at radius 1 is 0.275 bits per heavy atom. The molecule has 12 unspecified atom stereocenters. The monoisotopic (exact) mass is 750 g/mol. The Labute approximate surface area is 327 Å². The van der Waals surface area contributed by atoms with E-state index in [9.17, 15) is 0 Å². The number of hydrogen-bond donors (Lipinski definition) is 0. The van der Waals surface area contributed by atoms with Crippen molar-refractivity contribution < 1.29 is 17.4 Å². The maximum absolute atomic E-state index is 2.53. The maximum atomic E-state index is 2.53. The molecule has 0 N–H and O–H groups in total. The molecular formula is C48H66CrSi2. The van der Waals surface area contributed by atoms with Crippen molar-refractivity contribution >= 4 is 17.6 Å². The van der Waals surface area contributed by atoms with Crippen LogP contribution in [0.2, 0.25) is 30.2 Å². The molecule has 0 heterocycles. The molecule has 0 aromatic rings. The van der Waals surface area contributed by atoms with Crippen molar-refractivity contribution in [1.29, 1.82) is 0 Å². The molecule has 51 heavy (non-hydrogen) atoms. The Bertz CT molecular complexity index is 1320. The van der Waals surface area contributed by atoms with Gasteiger partial charge in [0, 0.05) is 17.4 Å². The maximum Gasteiger partial charge on any atom is 0.0828 e. The van der Waals surface area contributed by atoms with Crippen LogP contribution in [-0.2, 0) is 17.4 Å². The fourth-order valence-corrected chi connectivity index (χ4v) is 22.2. The first-order valence-corrected chi connectivity index (χ1v) is 22.4. The molecule has 6 aliphatic carbocycles. The van der Waals surface area contributed by atoms with Gasteiger partial charge in [0.05, 0.1) is 17.6 Å². The summed E-state index contributed by atoms with van der Waals surface area (Å²) in [7, 11) is -1.80. The van der Waals surface area contributed by atoms with Gasteiger partial charge >= 0.3 is 0 Å². The predicted octanol–water partition coefficient (Wildman–Crippen LogP) is 14.1. The van der Waals surface area contributed by atoms with Crippen LogP contribution in [0.4, 0.5) is 0 Å². The van der Waals surface area contributed by atoms with Gasteiger partial charge in [-0.1, -0.05) is 229 Å². The quantitative estimate of drug-likeness (QED) is 0.237. The van der Waals surface area contributed by atoms with Crippen LogP contribution in [-0.4, -0.2) is 17.6 Å². The topological polar surface area (TPSA) is 0 Å². The van der Waals surface area contributed by atoms with Crippen molar-refractivity contribution in [2.45, 2.75) is 113 Å². The summed E-state index contributed by atoms with van der Waals surface area (Å²) in [6, 6.07) is 0. The molecule has 272 valence electrons. The summed E-state index contributed by atoms with van der Waals surface area (Å²) in [5.74, 6) is 3.41. The smallest absolute Gasteiger partial charge is 0.0811 e. The summed E-state index contributed by atoms with van der Waals surface area (Å²) in [5.41, 5.74) is 0. The van der Waals surface area contributed by atoms with Crippen LogP contribution >= 0.6 is 0 Å². The van der Waals surface area contributed by atoms with Gasteiger partial charge in [0.15, 0.2) is 0 Å². The summed E-state index contributed by atoms with van der Waals surface area (Å²) >= 11 is 0. The molecule has 0 amide bonds. The van der Waals surface area contributed by atoms with Gasteiger partial charge in [-0.3, -0.25) is 0 Å². The van der Waals surface area contributed by atoms with E-state index < -0.39 is 17.6 Å². The van der Waals surface area contributed by atoms with E-state index in [1.54, 1.807) is 0 Å². The van der Waals surface area contributed by atoms with Crippen molar-refractivity contribution in [3.63, 3.8) is 0 Å². The molecule has 6 aliphatic rings. The Balaban J connectivity index is 0.000000224. The summed E-state index contributed by atoms with van der Waals surface area (Å²) in [5, 5.41) is 1.31. The Morgan fingerprint density at radius 2 is 0.412 bits per heavy atom. The van der Waals surface area contributed by atoms with Crippen LogP contribution in [0.15, 0.2) is 146 Å². The second kappa shape index (κ2) is 15.7. The first-order chi connectivity index (χ1) is 23.5. The zero-order valence-corrected chi connectivity index (χ0v) is 37.0. The summed E-state index contributed by atoms with van der Waals surface area (Å²) in [6.45, 7) is 29.7.